The van der Waals surface area contributed by atoms with Crippen molar-refractivity contribution in [3.8, 4) is 11.4 Å². The van der Waals surface area contributed by atoms with Gasteiger partial charge in [0.2, 0.25) is 0 Å². The fraction of sp³-hybridized carbons (Fsp3) is 0.462. The molecule has 1 saturated heterocycles. The minimum atomic E-state index is -4.70. The van der Waals surface area contributed by atoms with E-state index in [1.807, 2.05) is 13.0 Å². The number of nitrogens with zero attached hydrogens (tertiary/aromatic N) is 6. The first-order valence-corrected chi connectivity index (χ1v) is 12.7. The standard InChI is InChI=1S/C26H28F3N7O/c1-25(37)10-8-16(9-11-25)30-22-15-20(35-12-4-5-13-35)33-21-14-19(34-36(21)22)23-24(26(27,28)29)32-18-7-3-2-6-17(18)31-23/h2-3,6-7,14-16,30,37H,4-5,8-13H2,1H3. The van der Waals surface area contributed by atoms with Crippen LogP contribution in [0.25, 0.3) is 28.1 Å². The minimum absolute atomic E-state index is 0.0614. The molecule has 37 heavy (non-hydrogen) atoms. The van der Waals surface area contributed by atoms with Crippen LogP contribution in [-0.4, -0.2) is 54.4 Å². The Morgan fingerprint density at radius 3 is 2.35 bits per heavy atom. The largest absolute Gasteiger partial charge is 0.435 e. The summed E-state index contributed by atoms with van der Waals surface area (Å²) in [6.07, 6.45) is 0.333. The highest BCUT2D eigenvalue weighted by Gasteiger charge is 2.38. The lowest BCUT2D eigenvalue weighted by Crippen LogP contribution is -2.36. The Hall–Kier alpha value is -3.47. The normalized spacial score (nSPS) is 22.7. The van der Waals surface area contributed by atoms with Crippen LogP contribution in [0.4, 0.5) is 24.8 Å². The van der Waals surface area contributed by atoms with Gasteiger partial charge in [0.1, 0.15) is 23.0 Å². The van der Waals surface area contributed by atoms with E-state index in [0.29, 0.717) is 29.8 Å². The van der Waals surface area contributed by atoms with E-state index < -0.39 is 17.5 Å². The molecular weight excluding hydrogens is 483 g/mol. The number of aliphatic hydroxyl groups is 1. The van der Waals surface area contributed by atoms with Crippen molar-refractivity contribution >= 4 is 28.3 Å². The van der Waals surface area contributed by atoms with Crippen molar-refractivity contribution in [2.24, 2.45) is 0 Å². The van der Waals surface area contributed by atoms with Crippen molar-refractivity contribution in [3.63, 3.8) is 0 Å². The maximum Gasteiger partial charge on any atom is 0.435 e. The molecule has 1 aromatic carbocycles. The van der Waals surface area contributed by atoms with Crippen molar-refractivity contribution in [1.29, 1.82) is 0 Å². The van der Waals surface area contributed by atoms with Gasteiger partial charge in [0, 0.05) is 31.3 Å². The van der Waals surface area contributed by atoms with Crippen molar-refractivity contribution in [1.82, 2.24) is 24.6 Å². The van der Waals surface area contributed by atoms with Gasteiger partial charge in [-0.1, -0.05) is 12.1 Å². The molecule has 1 aliphatic carbocycles. The molecule has 6 rings (SSSR count). The summed E-state index contributed by atoms with van der Waals surface area (Å²) in [4.78, 5) is 15.2. The highest BCUT2D eigenvalue weighted by molar-refractivity contribution is 5.79. The molecule has 0 unspecified atom stereocenters. The van der Waals surface area contributed by atoms with Crippen molar-refractivity contribution < 1.29 is 18.3 Å². The quantitative estimate of drug-likeness (QED) is 0.396. The molecule has 4 aromatic rings. The number of halogens is 3. The number of hydrogen-bond donors (Lipinski definition) is 2. The number of nitrogens with one attached hydrogen (secondary N) is 1. The molecule has 2 N–H and O–H groups in total. The van der Waals surface area contributed by atoms with Crippen LogP contribution in [0.5, 0.6) is 0 Å². The van der Waals surface area contributed by atoms with Gasteiger partial charge >= 0.3 is 6.18 Å². The zero-order chi connectivity index (χ0) is 25.8. The van der Waals surface area contributed by atoms with Gasteiger partial charge in [0.05, 0.1) is 16.6 Å². The number of benzene rings is 1. The smallest absolute Gasteiger partial charge is 0.390 e. The predicted molar refractivity (Wildman–Crippen MR) is 134 cm³/mol. The molecule has 0 amide bonds. The van der Waals surface area contributed by atoms with Gasteiger partial charge in [0.25, 0.3) is 0 Å². The summed E-state index contributed by atoms with van der Waals surface area (Å²) in [5, 5.41) is 18.4. The van der Waals surface area contributed by atoms with Gasteiger partial charge in [0.15, 0.2) is 11.3 Å². The maximum absolute atomic E-state index is 14.0. The van der Waals surface area contributed by atoms with E-state index in [1.165, 1.54) is 6.07 Å². The Kier molecular flexibility index (Phi) is 5.70. The SMILES string of the molecule is CC1(O)CCC(Nc2cc(N3CCCC3)nc3cc(-c4nc5ccccc5nc4C(F)(F)F)nn23)CC1. The van der Waals surface area contributed by atoms with E-state index in [2.05, 4.69) is 25.3 Å². The van der Waals surface area contributed by atoms with Crippen molar-refractivity contribution in [2.75, 3.05) is 23.3 Å². The summed E-state index contributed by atoms with van der Waals surface area (Å²) < 4.78 is 43.7. The van der Waals surface area contributed by atoms with Gasteiger partial charge in [-0.15, -0.1) is 0 Å². The van der Waals surface area contributed by atoms with Crippen LogP contribution in [0.1, 0.15) is 51.1 Å². The number of aromatic nitrogens is 5. The third-order valence-electron chi connectivity index (χ3n) is 7.34. The molecule has 11 heteroatoms. The molecule has 2 aliphatic rings. The fourth-order valence-corrected chi connectivity index (χ4v) is 5.26. The van der Waals surface area contributed by atoms with Crippen LogP contribution in [0.2, 0.25) is 0 Å². The van der Waals surface area contributed by atoms with Crippen molar-refractivity contribution in [2.45, 2.75) is 63.3 Å². The Balaban J connectivity index is 1.47. The second-order valence-electron chi connectivity index (χ2n) is 10.3. The Labute approximate surface area is 211 Å². The first-order valence-electron chi connectivity index (χ1n) is 12.7. The average molecular weight is 512 g/mol. The van der Waals surface area contributed by atoms with E-state index >= 15 is 0 Å². The molecule has 0 atom stereocenters. The van der Waals surface area contributed by atoms with Gasteiger partial charge in [-0.05, 0) is 57.6 Å². The van der Waals surface area contributed by atoms with Crippen LogP contribution >= 0.6 is 0 Å². The van der Waals surface area contributed by atoms with Gasteiger partial charge in [-0.2, -0.15) is 22.8 Å². The number of fused-ring (bicyclic) bond motifs is 2. The molecule has 0 radical (unpaired) electrons. The molecule has 3 aromatic heterocycles. The summed E-state index contributed by atoms with van der Waals surface area (Å²) in [6.45, 7) is 3.61. The van der Waals surface area contributed by atoms with Crippen LogP contribution in [-0.2, 0) is 6.18 Å². The lowest BCUT2D eigenvalue weighted by molar-refractivity contribution is -0.140. The molecular formula is C26H28F3N7O. The summed E-state index contributed by atoms with van der Waals surface area (Å²) in [7, 11) is 0. The van der Waals surface area contributed by atoms with Crippen molar-refractivity contribution in [3.05, 3.63) is 42.1 Å². The summed E-state index contributed by atoms with van der Waals surface area (Å²) in [5.74, 6) is 1.43. The van der Waals surface area contributed by atoms with Crippen LogP contribution in [0, 0.1) is 0 Å². The Morgan fingerprint density at radius 1 is 1.00 bits per heavy atom. The topological polar surface area (TPSA) is 91.5 Å². The van der Waals surface area contributed by atoms with Gasteiger partial charge in [-0.3, -0.25) is 0 Å². The van der Waals surface area contributed by atoms with E-state index in [1.54, 1.807) is 28.8 Å². The third kappa shape index (κ3) is 4.68. The number of hydrogen-bond acceptors (Lipinski definition) is 7. The van der Waals surface area contributed by atoms with Crippen LogP contribution in [0.15, 0.2) is 36.4 Å². The van der Waals surface area contributed by atoms with E-state index in [9.17, 15) is 18.3 Å². The summed E-state index contributed by atoms with van der Waals surface area (Å²) in [5.41, 5.74) is -1.03. The minimum Gasteiger partial charge on any atom is -0.390 e. The molecule has 1 saturated carbocycles. The maximum atomic E-state index is 14.0. The van der Waals surface area contributed by atoms with Gasteiger partial charge < -0.3 is 15.3 Å². The molecule has 0 spiro atoms. The van der Waals surface area contributed by atoms with Crippen LogP contribution < -0.4 is 10.2 Å². The lowest BCUT2D eigenvalue weighted by atomic mass is 9.84. The molecule has 1 aliphatic heterocycles. The second kappa shape index (κ2) is 8.83. The van der Waals surface area contributed by atoms with Crippen LogP contribution in [0.3, 0.4) is 0 Å². The Bertz CT molecular complexity index is 1450. The van der Waals surface area contributed by atoms with Gasteiger partial charge in [-0.25, -0.2) is 15.0 Å². The zero-order valence-electron chi connectivity index (χ0n) is 20.5. The predicted octanol–water partition coefficient (Wildman–Crippen LogP) is 5.06. The zero-order valence-corrected chi connectivity index (χ0v) is 20.5. The average Bonchev–Trinajstić information content (AvgIpc) is 3.54. The fourth-order valence-electron chi connectivity index (χ4n) is 5.26. The second-order valence-corrected chi connectivity index (χ2v) is 10.3. The molecule has 8 nitrogen and oxygen atoms in total. The monoisotopic (exact) mass is 511 g/mol. The first-order chi connectivity index (χ1) is 17.7. The highest BCUT2D eigenvalue weighted by atomic mass is 19.4. The molecule has 194 valence electrons. The summed E-state index contributed by atoms with van der Waals surface area (Å²) in [6, 6.07) is 10.1. The van der Waals surface area contributed by atoms with E-state index in [4.69, 9.17) is 4.98 Å². The highest BCUT2D eigenvalue weighted by Crippen LogP contribution is 2.37. The number of rotatable bonds is 4. The lowest BCUT2D eigenvalue weighted by Gasteiger charge is -2.34. The molecule has 2 fully saturated rings. The number of para-hydroxylation sites is 2. The van der Waals surface area contributed by atoms with E-state index in [0.717, 1.165) is 44.6 Å². The van der Waals surface area contributed by atoms with E-state index in [-0.39, 0.29) is 22.9 Å². The molecule has 0 bridgehead atoms. The third-order valence-corrected chi connectivity index (χ3v) is 7.34. The first kappa shape index (κ1) is 23.9. The summed E-state index contributed by atoms with van der Waals surface area (Å²) >= 11 is 0. The molecule has 4 heterocycles. The number of alkyl halides is 3. The number of anilines is 2. The Morgan fingerprint density at radius 2 is 1.68 bits per heavy atom.